The van der Waals surface area contributed by atoms with Gasteiger partial charge in [-0.2, -0.15) is 0 Å². The van der Waals surface area contributed by atoms with Crippen molar-refractivity contribution in [3.8, 4) is 5.75 Å². The van der Waals surface area contributed by atoms with Crippen LogP contribution >= 0.6 is 0 Å². The summed E-state index contributed by atoms with van der Waals surface area (Å²) in [4.78, 5) is 23.6. The Labute approximate surface area is 135 Å². The number of anilines is 2. The molecule has 23 heavy (non-hydrogen) atoms. The van der Waals surface area contributed by atoms with Crippen LogP contribution in [0.2, 0.25) is 0 Å². The van der Waals surface area contributed by atoms with Gasteiger partial charge in [-0.3, -0.25) is 9.59 Å². The first-order valence-electron chi connectivity index (χ1n) is 7.25. The van der Waals surface area contributed by atoms with Crippen LogP contribution in [0.5, 0.6) is 5.75 Å². The fourth-order valence-electron chi connectivity index (χ4n) is 2.34. The summed E-state index contributed by atoms with van der Waals surface area (Å²) in [5.74, 6) is 0.398. The molecular weight excluding hydrogens is 292 g/mol. The van der Waals surface area contributed by atoms with E-state index in [9.17, 15) is 9.59 Å². The highest BCUT2D eigenvalue weighted by Crippen LogP contribution is 2.25. The standard InChI is InChI=1S/C18H20N2O3/c1-11-12(2)17(23-4)9-8-16(11)18(22)20-15-7-5-6-14(10-15)19-13(3)21/h5-10H,1-4H3,(H,19,21)(H,20,22). The predicted octanol–water partition coefficient (Wildman–Crippen LogP) is 3.52. The maximum atomic E-state index is 12.5. The average Bonchev–Trinajstić information content (AvgIpc) is 2.49. The second kappa shape index (κ2) is 6.96. The van der Waals surface area contributed by atoms with Gasteiger partial charge in [-0.05, 0) is 55.3 Å². The van der Waals surface area contributed by atoms with E-state index in [1.54, 1.807) is 43.5 Å². The van der Waals surface area contributed by atoms with E-state index in [0.29, 0.717) is 16.9 Å². The van der Waals surface area contributed by atoms with E-state index in [1.165, 1.54) is 6.92 Å². The van der Waals surface area contributed by atoms with Crippen molar-refractivity contribution in [1.82, 2.24) is 0 Å². The van der Waals surface area contributed by atoms with Gasteiger partial charge in [0.2, 0.25) is 5.91 Å². The van der Waals surface area contributed by atoms with Gasteiger partial charge in [-0.1, -0.05) is 6.07 Å². The monoisotopic (exact) mass is 312 g/mol. The molecule has 5 heteroatoms. The molecule has 2 N–H and O–H groups in total. The number of hydrogen-bond donors (Lipinski definition) is 2. The number of rotatable bonds is 4. The summed E-state index contributed by atoms with van der Waals surface area (Å²) >= 11 is 0. The Morgan fingerprint density at radius 3 is 2.22 bits per heavy atom. The molecule has 0 atom stereocenters. The van der Waals surface area contributed by atoms with Crippen LogP contribution in [0.3, 0.4) is 0 Å². The second-order valence-corrected chi connectivity index (χ2v) is 5.28. The van der Waals surface area contributed by atoms with E-state index in [4.69, 9.17) is 4.74 Å². The average molecular weight is 312 g/mol. The van der Waals surface area contributed by atoms with Crippen molar-refractivity contribution in [2.75, 3.05) is 17.7 Å². The molecule has 0 unspecified atom stereocenters. The Morgan fingerprint density at radius 1 is 0.957 bits per heavy atom. The van der Waals surface area contributed by atoms with Crippen molar-refractivity contribution < 1.29 is 14.3 Å². The van der Waals surface area contributed by atoms with Gasteiger partial charge in [0, 0.05) is 23.9 Å². The number of benzene rings is 2. The van der Waals surface area contributed by atoms with Crippen molar-refractivity contribution >= 4 is 23.2 Å². The third kappa shape index (κ3) is 3.88. The Kier molecular flexibility index (Phi) is 5.01. The lowest BCUT2D eigenvalue weighted by Crippen LogP contribution is -2.14. The van der Waals surface area contributed by atoms with Crippen molar-refractivity contribution in [3.63, 3.8) is 0 Å². The first-order chi connectivity index (χ1) is 10.9. The largest absolute Gasteiger partial charge is 0.496 e. The summed E-state index contributed by atoms with van der Waals surface area (Å²) in [7, 11) is 1.61. The van der Waals surface area contributed by atoms with Crippen LogP contribution in [0.1, 0.15) is 28.4 Å². The minimum Gasteiger partial charge on any atom is -0.496 e. The summed E-state index contributed by atoms with van der Waals surface area (Å²) in [6, 6.07) is 10.5. The molecule has 0 saturated heterocycles. The van der Waals surface area contributed by atoms with Crippen LogP contribution in [0.4, 0.5) is 11.4 Å². The molecule has 0 aliphatic heterocycles. The minimum atomic E-state index is -0.201. The molecule has 0 fully saturated rings. The summed E-state index contributed by atoms with van der Waals surface area (Å²) in [5, 5.41) is 5.53. The number of carbonyl (C=O) groups excluding carboxylic acids is 2. The van der Waals surface area contributed by atoms with Gasteiger partial charge in [0.15, 0.2) is 0 Å². The van der Waals surface area contributed by atoms with Gasteiger partial charge in [-0.15, -0.1) is 0 Å². The Morgan fingerprint density at radius 2 is 1.61 bits per heavy atom. The van der Waals surface area contributed by atoms with Crippen LogP contribution in [-0.4, -0.2) is 18.9 Å². The Bertz CT molecular complexity index is 754. The number of ether oxygens (including phenoxy) is 1. The number of nitrogens with one attached hydrogen (secondary N) is 2. The summed E-state index contributed by atoms with van der Waals surface area (Å²) in [6.07, 6.45) is 0. The molecule has 0 aliphatic carbocycles. The highest BCUT2D eigenvalue weighted by Gasteiger charge is 2.13. The van der Waals surface area contributed by atoms with Crippen LogP contribution in [0, 0.1) is 13.8 Å². The van der Waals surface area contributed by atoms with Crippen molar-refractivity contribution in [2.24, 2.45) is 0 Å². The van der Waals surface area contributed by atoms with Crippen molar-refractivity contribution in [2.45, 2.75) is 20.8 Å². The van der Waals surface area contributed by atoms with Gasteiger partial charge in [0.05, 0.1) is 7.11 Å². The van der Waals surface area contributed by atoms with E-state index in [2.05, 4.69) is 10.6 Å². The number of methoxy groups -OCH3 is 1. The lowest BCUT2D eigenvalue weighted by molar-refractivity contribution is -0.114. The molecule has 0 spiro atoms. The van der Waals surface area contributed by atoms with E-state index >= 15 is 0 Å². The third-order valence-electron chi connectivity index (χ3n) is 3.64. The third-order valence-corrected chi connectivity index (χ3v) is 3.64. The smallest absolute Gasteiger partial charge is 0.255 e. The van der Waals surface area contributed by atoms with Gasteiger partial charge in [0.25, 0.3) is 5.91 Å². The van der Waals surface area contributed by atoms with E-state index in [0.717, 1.165) is 16.9 Å². The topological polar surface area (TPSA) is 67.4 Å². The predicted molar refractivity (Wildman–Crippen MR) is 91.2 cm³/mol. The van der Waals surface area contributed by atoms with Gasteiger partial charge >= 0.3 is 0 Å². The minimum absolute atomic E-state index is 0.157. The number of hydrogen-bond acceptors (Lipinski definition) is 3. The fourth-order valence-corrected chi connectivity index (χ4v) is 2.34. The Hall–Kier alpha value is -2.82. The molecule has 2 rings (SSSR count). The van der Waals surface area contributed by atoms with Crippen LogP contribution in [0.15, 0.2) is 36.4 Å². The van der Waals surface area contributed by atoms with Gasteiger partial charge in [-0.25, -0.2) is 0 Å². The maximum absolute atomic E-state index is 12.5. The van der Waals surface area contributed by atoms with Crippen LogP contribution < -0.4 is 15.4 Å². The van der Waals surface area contributed by atoms with Crippen LogP contribution in [0.25, 0.3) is 0 Å². The molecule has 2 aromatic carbocycles. The van der Waals surface area contributed by atoms with Gasteiger partial charge < -0.3 is 15.4 Å². The molecule has 0 saturated carbocycles. The molecule has 2 aromatic rings. The Balaban J connectivity index is 2.23. The lowest BCUT2D eigenvalue weighted by Gasteiger charge is -2.13. The van der Waals surface area contributed by atoms with E-state index in [1.807, 2.05) is 13.8 Å². The molecule has 120 valence electrons. The first kappa shape index (κ1) is 16.5. The maximum Gasteiger partial charge on any atom is 0.255 e. The first-order valence-corrected chi connectivity index (χ1v) is 7.25. The normalized spacial score (nSPS) is 10.1. The molecule has 0 aliphatic rings. The van der Waals surface area contributed by atoms with E-state index in [-0.39, 0.29) is 11.8 Å². The molecular formula is C18H20N2O3. The molecule has 0 radical (unpaired) electrons. The summed E-state index contributed by atoms with van der Waals surface area (Å²) in [6.45, 7) is 5.25. The highest BCUT2D eigenvalue weighted by molar-refractivity contribution is 6.06. The highest BCUT2D eigenvalue weighted by atomic mass is 16.5. The lowest BCUT2D eigenvalue weighted by atomic mass is 10.0. The number of amides is 2. The molecule has 5 nitrogen and oxygen atoms in total. The summed E-state index contributed by atoms with van der Waals surface area (Å²) in [5.41, 5.74) is 3.66. The molecule has 2 amide bonds. The zero-order valence-corrected chi connectivity index (χ0v) is 13.7. The molecule has 0 heterocycles. The van der Waals surface area contributed by atoms with E-state index < -0.39 is 0 Å². The number of carbonyl (C=O) groups is 2. The second-order valence-electron chi connectivity index (χ2n) is 5.28. The quantitative estimate of drug-likeness (QED) is 0.907. The van der Waals surface area contributed by atoms with Crippen LogP contribution in [-0.2, 0) is 4.79 Å². The van der Waals surface area contributed by atoms with Crippen molar-refractivity contribution in [3.05, 3.63) is 53.1 Å². The fraction of sp³-hybridized carbons (Fsp3) is 0.222. The zero-order chi connectivity index (χ0) is 17.0. The zero-order valence-electron chi connectivity index (χ0n) is 13.7. The molecule has 0 bridgehead atoms. The SMILES string of the molecule is COc1ccc(C(=O)Nc2cccc(NC(C)=O)c2)c(C)c1C. The molecule has 0 aromatic heterocycles. The van der Waals surface area contributed by atoms with Crippen molar-refractivity contribution in [1.29, 1.82) is 0 Å². The van der Waals surface area contributed by atoms with Gasteiger partial charge in [0.1, 0.15) is 5.75 Å². The summed E-state index contributed by atoms with van der Waals surface area (Å²) < 4.78 is 5.26.